The summed E-state index contributed by atoms with van der Waals surface area (Å²) in [6.45, 7) is 9.51. The number of aryl methyl sites for hydroxylation is 1. The first-order valence-electron chi connectivity index (χ1n) is 13.2. The largest absolute Gasteiger partial charge is 0.417 e. The maximum atomic E-state index is 15.3. The first kappa shape index (κ1) is 29.1. The molecule has 41 heavy (non-hydrogen) atoms. The highest BCUT2D eigenvalue weighted by Gasteiger charge is 2.41. The number of carbonyl (C=O) groups excluding carboxylic acids is 1. The van der Waals surface area contributed by atoms with Gasteiger partial charge in [0.05, 0.1) is 23.7 Å². The maximum absolute atomic E-state index is 15.3. The molecule has 0 unspecified atom stereocenters. The molecule has 0 bridgehead atoms. The maximum Gasteiger partial charge on any atom is 0.417 e. The van der Waals surface area contributed by atoms with Gasteiger partial charge in [-0.2, -0.15) is 18.2 Å². The number of nitrogens with zero attached hydrogens (tertiary/aromatic N) is 4. The van der Waals surface area contributed by atoms with E-state index in [0.717, 1.165) is 17.8 Å². The van der Waals surface area contributed by atoms with Crippen LogP contribution in [0.25, 0.3) is 22.0 Å². The lowest BCUT2D eigenvalue weighted by atomic mass is 9.94. The molecule has 1 amide bonds. The second kappa shape index (κ2) is 10.8. The Kier molecular flexibility index (Phi) is 7.66. The van der Waals surface area contributed by atoms with Gasteiger partial charge in [-0.25, -0.2) is 9.18 Å². The Bertz CT molecular complexity index is 1590. The van der Waals surface area contributed by atoms with Gasteiger partial charge < -0.3 is 14.5 Å². The molecular weight excluding hydrogens is 560 g/mol. The minimum absolute atomic E-state index is 0.104. The van der Waals surface area contributed by atoms with E-state index in [0.29, 0.717) is 5.56 Å². The van der Waals surface area contributed by atoms with E-state index in [1.807, 2.05) is 13.8 Å². The molecule has 218 valence electrons. The molecule has 1 aromatic heterocycles. The zero-order valence-electron chi connectivity index (χ0n) is 23.1. The molecule has 0 spiro atoms. The topological polar surface area (TPSA) is 67.7 Å². The van der Waals surface area contributed by atoms with Crippen molar-refractivity contribution in [1.29, 1.82) is 0 Å². The number of amides is 1. The third kappa shape index (κ3) is 5.01. The van der Waals surface area contributed by atoms with Crippen LogP contribution in [0.4, 0.5) is 23.4 Å². The first-order valence-corrected chi connectivity index (χ1v) is 14.1. The molecule has 3 heterocycles. The van der Waals surface area contributed by atoms with Gasteiger partial charge in [0.25, 0.3) is 0 Å². The third-order valence-corrected chi connectivity index (χ3v) is 8.87. The third-order valence-electron chi connectivity index (χ3n) is 7.64. The van der Waals surface area contributed by atoms with Crippen LogP contribution in [-0.2, 0) is 15.7 Å². The van der Waals surface area contributed by atoms with E-state index >= 15 is 4.39 Å². The van der Waals surface area contributed by atoms with Crippen molar-refractivity contribution in [3.05, 3.63) is 64.3 Å². The van der Waals surface area contributed by atoms with Crippen molar-refractivity contribution < 1.29 is 27.1 Å². The zero-order valence-corrected chi connectivity index (χ0v) is 23.9. The second-order valence-electron chi connectivity index (χ2n) is 10.6. The van der Waals surface area contributed by atoms with Crippen molar-refractivity contribution in [3.8, 4) is 11.1 Å². The summed E-state index contributed by atoms with van der Waals surface area (Å²) in [7, 11) is 1.48. The molecule has 2 aromatic carbocycles. The number of rotatable bonds is 5. The highest BCUT2D eigenvalue weighted by atomic mass is 32.2. The SMILES string of the molecule is C=CC(=O)N1[C@H](C)CN(c2nc(=O)n3c4c(c(-c5ccc(C)cc5F)c(C(F)(F)F)cc24)SC[C@@H]3COC)C[C@@H]1C. The molecule has 1 saturated heterocycles. The Morgan fingerprint density at radius 3 is 2.49 bits per heavy atom. The number of alkyl halides is 3. The fourth-order valence-electron chi connectivity index (χ4n) is 6.00. The molecule has 0 aliphatic carbocycles. The van der Waals surface area contributed by atoms with Crippen molar-refractivity contribution in [3.63, 3.8) is 0 Å². The Labute approximate surface area is 238 Å². The van der Waals surface area contributed by atoms with E-state index in [9.17, 15) is 22.8 Å². The summed E-state index contributed by atoms with van der Waals surface area (Å²) in [6, 6.07) is 3.96. The Morgan fingerprint density at radius 1 is 1.22 bits per heavy atom. The fraction of sp³-hybridized carbons (Fsp3) is 0.414. The fourth-order valence-corrected chi connectivity index (χ4v) is 7.31. The lowest BCUT2D eigenvalue weighted by Gasteiger charge is -2.45. The molecule has 2 aliphatic heterocycles. The highest BCUT2D eigenvalue weighted by molar-refractivity contribution is 7.99. The van der Waals surface area contributed by atoms with Crippen molar-refractivity contribution >= 4 is 34.4 Å². The molecule has 0 N–H and O–H groups in total. The van der Waals surface area contributed by atoms with Crippen LogP contribution in [0, 0.1) is 12.7 Å². The van der Waals surface area contributed by atoms with E-state index in [1.165, 1.54) is 29.9 Å². The highest BCUT2D eigenvalue weighted by Crippen LogP contribution is 2.50. The Hall–Kier alpha value is -3.38. The summed E-state index contributed by atoms with van der Waals surface area (Å²) in [4.78, 5) is 34.0. The van der Waals surface area contributed by atoms with Crippen LogP contribution in [0.2, 0.25) is 0 Å². The van der Waals surface area contributed by atoms with Crippen molar-refractivity contribution in [2.45, 2.75) is 50.0 Å². The summed E-state index contributed by atoms with van der Waals surface area (Å²) in [5, 5.41) is 0.138. The number of carbonyl (C=O) groups is 1. The van der Waals surface area contributed by atoms with E-state index < -0.39 is 29.3 Å². The standard InChI is InChI=1S/C29H30F4N4O3S/c1-6-23(38)36-16(3)11-35(12-17(36)4)27-20-10-21(29(31,32)33)24(19-8-7-15(2)9-22(19)30)26-25(20)37(28(39)34-27)18(13-40-5)14-41-26/h6-10,16-18H,1,11-14H2,2-5H3/t16-,17+,18-/m0/s1. The second-order valence-corrected chi connectivity index (χ2v) is 11.6. The first-order chi connectivity index (χ1) is 19.4. The Balaban J connectivity index is 1.83. The van der Waals surface area contributed by atoms with Gasteiger partial charge in [-0.1, -0.05) is 18.7 Å². The van der Waals surface area contributed by atoms with Gasteiger partial charge in [0, 0.05) is 59.4 Å². The zero-order chi connectivity index (χ0) is 29.8. The molecule has 1 fully saturated rings. The predicted molar refractivity (Wildman–Crippen MR) is 151 cm³/mol. The molecule has 3 aromatic rings. The quantitative estimate of drug-likeness (QED) is 0.292. The lowest BCUT2D eigenvalue weighted by molar-refractivity contribution is -0.137. The van der Waals surface area contributed by atoms with Crippen molar-refractivity contribution in [1.82, 2.24) is 14.5 Å². The van der Waals surface area contributed by atoms with Gasteiger partial charge in [0.2, 0.25) is 5.91 Å². The average molecular weight is 591 g/mol. The number of aromatic nitrogens is 2. The summed E-state index contributed by atoms with van der Waals surface area (Å²) in [5.41, 5.74) is -1.27. The summed E-state index contributed by atoms with van der Waals surface area (Å²) < 4.78 is 66.3. The number of anilines is 1. The van der Waals surface area contributed by atoms with Gasteiger partial charge in [0.15, 0.2) is 0 Å². The smallest absolute Gasteiger partial charge is 0.383 e. The predicted octanol–water partition coefficient (Wildman–Crippen LogP) is 5.43. The average Bonchev–Trinajstić information content (AvgIpc) is 2.90. The number of benzene rings is 2. The molecule has 0 saturated carbocycles. The molecule has 2 aliphatic rings. The number of ether oxygens (including phenoxy) is 1. The van der Waals surface area contributed by atoms with Crippen LogP contribution in [0.3, 0.4) is 0 Å². The summed E-state index contributed by atoms with van der Waals surface area (Å²) in [6.07, 6.45) is -3.60. The van der Waals surface area contributed by atoms with Crippen molar-refractivity contribution in [2.24, 2.45) is 0 Å². The summed E-state index contributed by atoms with van der Waals surface area (Å²) >= 11 is 1.15. The molecule has 0 radical (unpaired) electrons. The normalized spacial score (nSPS) is 20.9. The molecule has 5 rings (SSSR count). The van der Waals surface area contributed by atoms with Gasteiger partial charge in [-0.05, 0) is 44.5 Å². The molecule has 12 heteroatoms. The van der Waals surface area contributed by atoms with Crippen LogP contribution in [0.1, 0.15) is 31.0 Å². The van der Waals surface area contributed by atoms with E-state index in [1.54, 1.807) is 22.8 Å². The van der Waals surface area contributed by atoms with Crippen LogP contribution >= 0.6 is 11.8 Å². The Morgan fingerprint density at radius 2 is 1.90 bits per heavy atom. The van der Waals surface area contributed by atoms with Crippen LogP contribution < -0.4 is 10.6 Å². The molecular formula is C29H30F4N4O3S. The monoisotopic (exact) mass is 590 g/mol. The number of hydrogen-bond acceptors (Lipinski definition) is 6. The van der Waals surface area contributed by atoms with Gasteiger partial charge >= 0.3 is 11.9 Å². The minimum Gasteiger partial charge on any atom is -0.383 e. The van der Waals surface area contributed by atoms with E-state index in [2.05, 4.69) is 11.6 Å². The van der Waals surface area contributed by atoms with Gasteiger partial charge in [-0.15, -0.1) is 11.8 Å². The van der Waals surface area contributed by atoms with E-state index in [-0.39, 0.29) is 76.2 Å². The minimum atomic E-state index is -4.82. The number of piperazine rings is 1. The van der Waals surface area contributed by atoms with E-state index in [4.69, 9.17) is 4.74 Å². The number of methoxy groups -OCH3 is 1. The van der Waals surface area contributed by atoms with Gasteiger partial charge in [0.1, 0.15) is 11.6 Å². The van der Waals surface area contributed by atoms with Crippen LogP contribution in [0.15, 0.2) is 46.6 Å². The number of thioether (sulfide) groups is 1. The number of hydrogen-bond donors (Lipinski definition) is 0. The summed E-state index contributed by atoms with van der Waals surface area (Å²) in [5.74, 6) is -0.682. The molecule has 7 nitrogen and oxygen atoms in total. The number of halogens is 4. The lowest BCUT2D eigenvalue weighted by Crippen LogP contribution is -2.58. The van der Waals surface area contributed by atoms with Crippen molar-refractivity contribution in [2.75, 3.05) is 37.5 Å². The van der Waals surface area contributed by atoms with Crippen LogP contribution in [-0.4, -0.2) is 65.0 Å². The van der Waals surface area contributed by atoms with Gasteiger partial charge in [-0.3, -0.25) is 9.36 Å². The van der Waals surface area contributed by atoms with Crippen LogP contribution in [0.5, 0.6) is 0 Å². The molecule has 3 atom stereocenters.